The molecule has 0 aliphatic heterocycles. The van der Waals surface area contributed by atoms with E-state index in [4.69, 9.17) is 22.1 Å². The largest absolute Gasteiger partial charge is 0.426 e. The van der Waals surface area contributed by atoms with E-state index in [0.29, 0.717) is 21.7 Å². The SMILES string of the molecule is CC(C)(C)c1nsc(Oc2c(N)cccc2Cl)n1. The molecule has 0 radical (unpaired) electrons. The van der Waals surface area contributed by atoms with Crippen LogP contribution in [0.4, 0.5) is 5.69 Å². The lowest BCUT2D eigenvalue weighted by atomic mass is 9.96. The Morgan fingerprint density at radius 1 is 1.33 bits per heavy atom. The number of anilines is 1. The topological polar surface area (TPSA) is 61.0 Å². The first-order valence-corrected chi connectivity index (χ1v) is 6.59. The number of ether oxygens (including phenoxy) is 1. The van der Waals surface area contributed by atoms with Gasteiger partial charge in [0.15, 0.2) is 11.6 Å². The minimum absolute atomic E-state index is 0.107. The highest BCUT2D eigenvalue weighted by molar-refractivity contribution is 7.07. The number of rotatable bonds is 2. The monoisotopic (exact) mass is 283 g/mol. The van der Waals surface area contributed by atoms with E-state index in [2.05, 4.69) is 9.36 Å². The van der Waals surface area contributed by atoms with Crippen LogP contribution in [0.1, 0.15) is 26.6 Å². The third kappa shape index (κ3) is 2.73. The highest BCUT2D eigenvalue weighted by atomic mass is 35.5. The summed E-state index contributed by atoms with van der Waals surface area (Å²) in [4.78, 5) is 4.33. The van der Waals surface area contributed by atoms with Crippen molar-refractivity contribution < 1.29 is 4.74 Å². The summed E-state index contributed by atoms with van der Waals surface area (Å²) in [5.41, 5.74) is 6.18. The van der Waals surface area contributed by atoms with Gasteiger partial charge in [-0.05, 0) is 12.1 Å². The number of nitrogens with two attached hydrogens (primary N) is 1. The second kappa shape index (κ2) is 4.74. The van der Waals surface area contributed by atoms with E-state index in [1.807, 2.05) is 20.8 Å². The Bertz CT molecular complexity index is 542. The van der Waals surface area contributed by atoms with Gasteiger partial charge in [0.25, 0.3) is 5.19 Å². The van der Waals surface area contributed by atoms with Crippen LogP contribution in [-0.4, -0.2) is 9.36 Å². The maximum absolute atomic E-state index is 6.03. The Morgan fingerprint density at radius 2 is 2.06 bits per heavy atom. The van der Waals surface area contributed by atoms with Gasteiger partial charge in [-0.15, -0.1) is 0 Å². The molecule has 2 rings (SSSR count). The van der Waals surface area contributed by atoms with Crippen molar-refractivity contribution in [3.8, 4) is 10.9 Å². The first-order valence-electron chi connectivity index (χ1n) is 5.44. The highest BCUT2D eigenvalue weighted by Crippen LogP contribution is 2.36. The molecule has 0 fully saturated rings. The average molecular weight is 284 g/mol. The third-order valence-corrected chi connectivity index (χ3v) is 3.16. The van der Waals surface area contributed by atoms with Crippen LogP contribution in [0.25, 0.3) is 0 Å². The van der Waals surface area contributed by atoms with Crippen molar-refractivity contribution in [2.45, 2.75) is 26.2 Å². The van der Waals surface area contributed by atoms with Crippen molar-refractivity contribution in [1.29, 1.82) is 0 Å². The van der Waals surface area contributed by atoms with Crippen LogP contribution in [-0.2, 0) is 5.41 Å². The fourth-order valence-electron chi connectivity index (χ4n) is 1.28. The molecule has 18 heavy (non-hydrogen) atoms. The Balaban J connectivity index is 2.27. The second-order valence-electron chi connectivity index (χ2n) is 4.89. The van der Waals surface area contributed by atoms with Gasteiger partial charge in [-0.3, -0.25) is 0 Å². The van der Waals surface area contributed by atoms with Gasteiger partial charge in [-0.1, -0.05) is 38.4 Å². The fraction of sp³-hybridized carbons (Fsp3) is 0.333. The maximum Gasteiger partial charge on any atom is 0.298 e. The van der Waals surface area contributed by atoms with E-state index in [-0.39, 0.29) is 5.41 Å². The number of hydrogen-bond acceptors (Lipinski definition) is 5. The lowest BCUT2D eigenvalue weighted by Crippen LogP contribution is -2.12. The number of nitrogens with zero attached hydrogens (tertiary/aromatic N) is 2. The van der Waals surface area contributed by atoms with E-state index >= 15 is 0 Å². The van der Waals surface area contributed by atoms with Crippen molar-refractivity contribution in [1.82, 2.24) is 9.36 Å². The lowest BCUT2D eigenvalue weighted by molar-refractivity contribution is 0.470. The number of halogens is 1. The summed E-state index contributed by atoms with van der Waals surface area (Å²) in [5.74, 6) is 1.17. The first kappa shape index (κ1) is 13.1. The Hall–Kier alpha value is -1.33. The molecule has 96 valence electrons. The van der Waals surface area contributed by atoms with Crippen LogP contribution in [0, 0.1) is 0 Å². The summed E-state index contributed by atoms with van der Waals surface area (Å²) in [6.07, 6.45) is 0. The van der Waals surface area contributed by atoms with Gasteiger partial charge in [0.2, 0.25) is 0 Å². The molecule has 2 N–H and O–H groups in total. The average Bonchev–Trinajstić information content (AvgIpc) is 2.72. The van der Waals surface area contributed by atoms with Crippen molar-refractivity contribution in [2.24, 2.45) is 0 Å². The van der Waals surface area contributed by atoms with Crippen molar-refractivity contribution in [3.05, 3.63) is 29.0 Å². The molecule has 0 aliphatic rings. The Labute approximate surface area is 115 Å². The molecule has 0 spiro atoms. The quantitative estimate of drug-likeness (QED) is 0.850. The normalized spacial score (nSPS) is 11.6. The van der Waals surface area contributed by atoms with Gasteiger partial charge >= 0.3 is 0 Å². The summed E-state index contributed by atoms with van der Waals surface area (Å²) >= 11 is 7.22. The van der Waals surface area contributed by atoms with Gasteiger partial charge in [0, 0.05) is 16.9 Å². The number of benzene rings is 1. The molecule has 0 atom stereocenters. The lowest BCUT2D eigenvalue weighted by Gasteiger charge is -2.12. The van der Waals surface area contributed by atoms with E-state index in [9.17, 15) is 0 Å². The zero-order valence-electron chi connectivity index (χ0n) is 10.4. The van der Waals surface area contributed by atoms with Crippen LogP contribution < -0.4 is 10.5 Å². The van der Waals surface area contributed by atoms with E-state index in [1.165, 1.54) is 11.5 Å². The molecule has 1 heterocycles. The van der Waals surface area contributed by atoms with Crippen LogP contribution in [0.3, 0.4) is 0 Å². The fourth-order valence-corrected chi connectivity index (χ4v) is 2.22. The number of hydrogen-bond donors (Lipinski definition) is 1. The molecular formula is C12H14ClN3OS. The molecule has 0 aliphatic carbocycles. The first-order chi connectivity index (χ1) is 8.38. The van der Waals surface area contributed by atoms with Gasteiger partial charge in [0.1, 0.15) is 0 Å². The van der Waals surface area contributed by atoms with Crippen LogP contribution in [0.2, 0.25) is 5.02 Å². The molecule has 2 aromatic rings. The summed E-state index contributed by atoms with van der Waals surface area (Å²) in [5, 5.41) is 0.905. The predicted molar refractivity (Wildman–Crippen MR) is 74.5 cm³/mol. The molecule has 0 saturated heterocycles. The smallest absolute Gasteiger partial charge is 0.298 e. The van der Waals surface area contributed by atoms with Crippen LogP contribution in [0.15, 0.2) is 18.2 Å². The Morgan fingerprint density at radius 3 is 2.61 bits per heavy atom. The van der Waals surface area contributed by atoms with E-state index in [0.717, 1.165) is 5.82 Å². The number of para-hydroxylation sites is 1. The third-order valence-electron chi connectivity index (χ3n) is 2.27. The molecule has 0 bridgehead atoms. The van der Waals surface area contributed by atoms with E-state index in [1.54, 1.807) is 18.2 Å². The molecule has 1 aromatic carbocycles. The Kier molecular flexibility index (Phi) is 3.45. The van der Waals surface area contributed by atoms with Gasteiger partial charge in [-0.25, -0.2) is 0 Å². The predicted octanol–water partition coefficient (Wildman–Crippen LogP) is 3.86. The molecule has 4 nitrogen and oxygen atoms in total. The molecule has 0 amide bonds. The minimum Gasteiger partial charge on any atom is -0.426 e. The second-order valence-corrected chi connectivity index (χ2v) is 6.02. The van der Waals surface area contributed by atoms with E-state index < -0.39 is 0 Å². The zero-order valence-corrected chi connectivity index (χ0v) is 12.0. The maximum atomic E-state index is 6.03. The summed E-state index contributed by atoms with van der Waals surface area (Å²) < 4.78 is 9.87. The van der Waals surface area contributed by atoms with Gasteiger partial charge in [0.05, 0.1) is 10.7 Å². The minimum atomic E-state index is -0.107. The van der Waals surface area contributed by atoms with Crippen LogP contribution >= 0.6 is 23.1 Å². The van der Waals surface area contributed by atoms with Crippen molar-refractivity contribution in [2.75, 3.05) is 5.73 Å². The zero-order chi connectivity index (χ0) is 13.3. The molecule has 0 unspecified atom stereocenters. The summed E-state index contributed by atoms with van der Waals surface area (Å²) in [6.45, 7) is 6.13. The van der Waals surface area contributed by atoms with Gasteiger partial charge in [-0.2, -0.15) is 9.36 Å². The number of nitrogen functional groups attached to an aromatic ring is 1. The van der Waals surface area contributed by atoms with Gasteiger partial charge < -0.3 is 10.5 Å². The molecule has 0 saturated carbocycles. The van der Waals surface area contributed by atoms with Crippen LogP contribution in [0.5, 0.6) is 10.9 Å². The highest BCUT2D eigenvalue weighted by Gasteiger charge is 2.21. The van der Waals surface area contributed by atoms with Crippen molar-refractivity contribution >= 4 is 28.8 Å². The van der Waals surface area contributed by atoms with Crippen molar-refractivity contribution in [3.63, 3.8) is 0 Å². The summed E-state index contributed by atoms with van der Waals surface area (Å²) in [7, 11) is 0. The molecule has 6 heteroatoms. The molecule has 1 aromatic heterocycles. The standard InChI is InChI=1S/C12H14ClN3OS/c1-12(2,3)10-15-11(18-16-10)17-9-7(13)5-4-6-8(9)14/h4-6H,14H2,1-3H3. The summed E-state index contributed by atoms with van der Waals surface area (Å²) in [6, 6.07) is 5.22. The number of aromatic nitrogens is 2. The molecular weight excluding hydrogens is 270 g/mol.